The Morgan fingerprint density at radius 1 is 1.04 bits per heavy atom. The minimum atomic E-state index is -3.61. The molecule has 7 nitrogen and oxygen atoms in total. The van der Waals surface area contributed by atoms with Gasteiger partial charge < -0.3 is 10.2 Å². The van der Waals surface area contributed by atoms with Crippen LogP contribution in [0.4, 0.5) is 11.4 Å². The van der Waals surface area contributed by atoms with E-state index in [1.165, 1.54) is 19.1 Å². The van der Waals surface area contributed by atoms with Crippen molar-refractivity contribution in [2.24, 2.45) is 4.99 Å². The van der Waals surface area contributed by atoms with Crippen molar-refractivity contribution in [1.29, 1.82) is 0 Å². The van der Waals surface area contributed by atoms with Gasteiger partial charge in [-0.15, -0.1) is 0 Å². The molecule has 0 aliphatic rings. The molecule has 0 aliphatic carbocycles. The molecule has 2 aromatic rings. The van der Waals surface area contributed by atoms with Crippen LogP contribution >= 0.6 is 0 Å². The Morgan fingerprint density at radius 2 is 1.67 bits per heavy atom. The number of sulfonamides is 1. The van der Waals surface area contributed by atoms with Crippen LogP contribution in [0.3, 0.4) is 0 Å². The zero-order valence-electron chi connectivity index (χ0n) is 15.6. The highest BCUT2D eigenvalue weighted by molar-refractivity contribution is 7.89. The molecule has 0 spiro atoms. The van der Waals surface area contributed by atoms with Crippen molar-refractivity contribution in [2.45, 2.75) is 11.8 Å². The minimum Gasteiger partial charge on any atom is -0.378 e. The van der Waals surface area contributed by atoms with Crippen LogP contribution in [0.5, 0.6) is 0 Å². The summed E-state index contributed by atoms with van der Waals surface area (Å²) in [4.78, 5) is 17.3. The maximum absolute atomic E-state index is 12.2. The SMILES string of the molecule is CC(=O)NCCNS(=O)(=O)c1ccc(N=Cc2ccc(N(C)C)cc2)cc1. The van der Waals surface area contributed by atoms with Gasteiger partial charge in [-0.2, -0.15) is 0 Å². The number of hydrogen-bond donors (Lipinski definition) is 2. The number of amides is 1. The quantitative estimate of drug-likeness (QED) is 0.534. The van der Waals surface area contributed by atoms with E-state index in [0.717, 1.165) is 11.3 Å². The lowest BCUT2D eigenvalue weighted by Crippen LogP contribution is -2.33. The van der Waals surface area contributed by atoms with E-state index in [0.29, 0.717) is 5.69 Å². The summed E-state index contributed by atoms with van der Waals surface area (Å²) in [5, 5.41) is 2.53. The van der Waals surface area contributed by atoms with Gasteiger partial charge in [-0.3, -0.25) is 9.79 Å². The van der Waals surface area contributed by atoms with E-state index in [2.05, 4.69) is 15.0 Å². The van der Waals surface area contributed by atoms with Crippen LogP contribution in [0, 0.1) is 0 Å². The Bertz CT molecular complexity index is 890. The summed E-state index contributed by atoms with van der Waals surface area (Å²) < 4.78 is 26.8. The van der Waals surface area contributed by atoms with Crippen LogP contribution in [-0.4, -0.2) is 47.7 Å². The number of carbonyl (C=O) groups excluding carboxylic acids is 1. The van der Waals surface area contributed by atoms with Gasteiger partial charge in [-0.1, -0.05) is 12.1 Å². The molecule has 0 saturated heterocycles. The van der Waals surface area contributed by atoms with Crippen molar-refractivity contribution in [2.75, 3.05) is 32.1 Å². The van der Waals surface area contributed by atoms with Gasteiger partial charge in [-0.25, -0.2) is 13.1 Å². The molecule has 27 heavy (non-hydrogen) atoms. The molecule has 0 bridgehead atoms. The van der Waals surface area contributed by atoms with Gasteiger partial charge in [0.15, 0.2) is 0 Å². The van der Waals surface area contributed by atoms with Crippen molar-refractivity contribution >= 4 is 33.5 Å². The number of benzene rings is 2. The third-order valence-electron chi connectivity index (χ3n) is 3.71. The summed E-state index contributed by atoms with van der Waals surface area (Å²) in [6, 6.07) is 14.2. The summed E-state index contributed by atoms with van der Waals surface area (Å²) >= 11 is 0. The lowest BCUT2D eigenvalue weighted by molar-refractivity contribution is -0.118. The molecule has 0 aliphatic heterocycles. The van der Waals surface area contributed by atoms with E-state index in [1.807, 2.05) is 43.3 Å². The van der Waals surface area contributed by atoms with E-state index < -0.39 is 10.0 Å². The van der Waals surface area contributed by atoms with Crippen LogP contribution in [0.2, 0.25) is 0 Å². The van der Waals surface area contributed by atoms with E-state index in [9.17, 15) is 13.2 Å². The van der Waals surface area contributed by atoms with Crippen molar-refractivity contribution < 1.29 is 13.2 Å². The Hall–Kier alpha value is -2.71. The topological polar surface area (TPSA) is 90.9 Å². The van der Waals surface area contributed by atoms with Gasteiger partial charge in [0, 0.05) is 46.0 Å². The van der Waals surface area contributed by atoms with E-state index in [4.69, 9.17) is 0 Å². The first-order valence-electron chi connectivity index (χ1n) is 8.43. The fourth-order valence-corrected chi connectivity index (χ4v) is 3.26. The third-order valence-corrected chi connectivity index (χ3v) is 5.19. The minimum absolute atomic E-state index is 0.130. The van der Waals surface area contributed by atoms with E-state index >= 15 is 0 Å². The summed E-state index contributed by atoms with van der Waals surface area (Å²) in [6.45, 7) is 1.75. The third kappa shape index (κ3) is 6.50. The average Bonchev–Trinajstić information content (AvgIpc) is 2.64. The fourth-order valence-electron chi connectivity index (χ4n) is 2.23. The second-order valence-corrected chi connectivity index (χ2v) is 7.89. The Balaban J connectivity index is 1.98. The second-order valence-electron chi connectivity index (χ2n) is 6.12. The first-order chi connectivity index (χ1) is 12.8. The number of rotatable bonds is 8. The Kier molecular flexibility index (Phi) is 7.09. The van der Waals surface area contributed by atoms with Crippen molar-refractivity contribution in [3.63, 3.8) is 0 Å². The highest BCUT2D eigenvalue weighted by Gasteiger charge is 2.12. The van der Waals surface area contributed by atoms with Gasteiger partial charge in [0.05, 0.1) is 10.6 Å². The predicted molar refractivity (Wildman–Crippen MR) is 108 cm³/mol. The van der Waals surface area contributed by atoms with Gasteiger partial charge >= 0.3 is 0 Å². The molecule has 2 rings (SSSR count). The van der Waals surface area contributed by atoms with Crippen LogP contribution in [0.15, 0.2) is 58.4 Å². The number of aliphatic imine (C=N–C) groups is 1. The molecule has 0 aromatic heterocycles. The van der Waals surface area contributed by atoms with E-state index in [-0.39, 0.29) is 23.9 Å². The van der Waals surface area contributed by atoms with Crippen LogP contribution in [0.25, 0.3) is 0 Å². The predicted octanol–water partition coefficient (Wildman–Crippen LogP) is 1.92. The lowest BCUT2D eigenvalue weighted by atomic mass is 10.2. The molecule has 0 saturated carbocycles. The normalized spacial score (nSPS) is 11.5. The molecular weight excluding hydrogens is 364 g/mol. The van der Waals surface area contributed by atoms with Gasteiger partial charge in [0.1, 0.15) is 0 Å². The van der Waals surface area contributed by atoms with E-state index in [1.54, 1.807) is 18.3 Å². The smallest absolute Gasteiger partial charge is 0.240 e. The maximum Gasteiger partial charge on any atom is 0.240 e. The molecule has 144 valence electrons. The zero-order valence-corrected chi connectivity index (χ0v) is 16.5. The number of carbonyl (C=O) groups is 1. The summed E-state index contributed by atoms with van der Waals surface area (Å²) in [5.41, 5.74) is 2.72. The van der Waals surface area contributed by atoms with Crippen LogP contribution < -0.4 is 14.9 Å². The largest absolute Gasteiger partial charge is 0.378 e. The molecule has 0 heterocycles. The molecule has 0 radical (unpaired) electrons. The number of anilines is 1. The van der Waals surface area contributed by atoms with Crippen LogP contribution in [0.1, 0.15) is 12.5 Å². The summed E-state index contributed by atoms with van der Waals surface area (Å²) in [7, 11) is 0.346. The highest BCUT2D eigenvalue weighted by Crippen LogP contribution is 2.17. The molecule has 1 amide bonds. The highest BCUT2D eigenvalue weighted by atomic mass is 32.2. The summed E-state index contributed by atoms with van der Waals surface area (Å²) in [6.07, 6.45) is 1.73. The number of nitrogens with zero attached hydrogens (tertiary/aromatic N) is 2. The van der Waals surface area contributed by atoms with Gasteiger partial charge in [-0.05, 0) is 42.0 Å². The fraction of sp³-hybridized carbons (Fsp3) is 0.263. The molecule has 0 fully saturated rings. The number of hydrogen-bond acceptors (Lipinski definition) is 5. The Morgan fingerprint density at radius 3 is 2.22 bits per heavy atom. The molecule has 0 atom stereocenters. The second kappa shape index (κ2) is 9.29. The maximum atomic E-state index is 12.2. The average molecular weight is 388 g/mol. The van der Waals surface area contributed by atoms with Crippen molar-refractivity contribution in [3.8, 4) is 0 Å². The molecule has 2 aromatic carbocycles. The standard InChI is InChI=1S/C19H24N4O3S/c1-15(24)20-12-13-22-27(25,26)19-10-6-17(7-11-19)21-14-16-4-8-18(9-5-16)23(2)3/h4-11,14,22H,12-13H2,1-3H3,(H,20,24). The van der Waals surface area contributed by atoms with Crippen molar-refractivity contribution in [3.05, 3.63) is 54.1 Å². The van der Waals surface area contributed by atoms with Gasteiger partial charge in [0.2, 0.25) is 15.9 Å². The molecule has 2 N–H and O–H groups in total. The van der Waals surface area contributed by atoms with Gasteiger partial charge in [0.25, 0.3) is 0 Å². The zero-order chi connectivity index (χ0) is 19.9. The molecular formula is C19H24N4O3S. The number of nitrogens with one attached hydrogen (secondary N) is 2. The molecule has 0 unspecified atom stereocenters. The first kappa shape index (κ1) is 20.6. The lowest BCUT2D eigenvalue weighted by Gasteiger charge is -2.11. The summed E-state index contributed by atoms with van der Waals surface area (Å²) in [5.74, 6) is -0.201. The van der Waals surface area contributed by atoms with Crippen molar-refractivity contribution in [1.82, 2.24) is 10.0 Å². The monoisotopic (exact) mass is 388 g/mol. The first-order valence-corrected chi connectivity index (χ1v) is 9.92. The molecule has 8 heteroatoms. The van der Waals surface area contributed by atoms with Crippen LogP contribution in [-0.2, 0) is 14.8 Å². The Labute approximate surface area is 160 Å².